The van der Waals surface area contributed by atoms with Crippen molar-refractivity contribution in [2.24, 2.45) is 0 Å². The quantitative estimate of drug-likeness (QED) is 0.691. The molecular weight excluding hydrogens is 343 g/mol. The number of benzene rings is 1. The molecule has 0 spiro atoms. The molecule has 0 fully saturated rings. The minimum Gasteiger partial charge on any atom is -0.480 e. The number of nitrogens with zero attached hydrogens (tertiary/aromatic N) is 5. The molecule has 0 aliphatic rings. The molecule has 2 heterocycles. The fourth-order valence-electron chi connectivity index (χ4n) is 2.30. The van der Waals surface area contributed by atoms with Gasteiger partial charge in [-0.05, 0) is 19.1 Å². The number of aromatic nitrogens is 5. The molecule has 9 nitrogen and oxygen atoms in total. The van der Waals surface area contributed by atoms with Crippen molar-refractivity contribution in [3.63, 3.8) is 0 Å². The van der Waals surface area contributed by atoms with E-state index >= 15 is 0 Å². The second kappa shape index (κ2) is 7.13. The number of amides is 1. The van der Waals surface area contributed by atoms with E-state index in [1.807, 2.05) is 0 Å². The van der Waals surface area contributed by atoms with Gasteiger partial charge in [-0.2, -0.15) is 5.10 Å². The first-order chi connectivity index (χ1) is 12.5. The van der Waals surface area contributed by atoms with Crippen LogP contribution in [0.4, 0.5) is 10.3 Å². The van der Waals surface area contributed by atoms with E-state index in [1.54, 1.807) is 18.2 Å². The highest BCUT2D eigenvalue weighted by molar-refractivity contribution is 6.02. The van der Waals surface area contributed by atoms with Crippen molar-refractivity contribution in [3.05, 3.63) is 59.9 Å². The van der Waals surface area contributed by atoms with Crippen molar-refractivity contribution in [1.82, 2.24) is 24.5 Å². The van der Waals surface area contributed by atoms with E-state index < -0.39 is 17.9 Å². The zero-order valence-electron chi connectivity index (χ0n) is 13.7. The Balaban J connectivity index is 1.72. The van der Waals surface area contributed by atoms with E-state index in [0.29, 0.717) is 5.56 Å². The molecule has 1 amide bonds. The second-order valence-corrected chi connectivity index (χ2v) is 5.49. The number of nitrogens with one attached hydrogen (secondary N) is 1. The minimum atomic E-state index is -1.12. The number of carboxylic acids is 1. The largest absolute Gasteiger partial charge is 0.480 e. The zero-order valence-corrected chi connectivity index (χ0v) is 13.7. The number of carbonyl (C=O) groups excluding carboxylic acids is 1. The first kappa shape index (κ1) is 17.3. The van der Waals surface area contributed by atoms with Gasteiger partial charge in [-0.3, -0.25) is 10.1 Å². The molecule has 0 aliphatic heterocycles. The zero-order chi connectivity index (χ0) is 18.7. The number of rotatable bonds is 6. The normalized spacial score (nSPS) is 11.9. The van der Waals surface area contributed by atoms with Crippen LogP contribution in [0.15, 0.2) is 42.9 Å². The molecule has 0 radical (unpaired) electrons. The van der Waals surface area contributed by atoms with Gasteiger partial charge in [0.2, 0.25) is 5.95 Å². The van der Waals surface area contributed by atoms with Crippen LogP contribution >= 0.6 is 0 Å². The van der Waals surface area contributed by atoms with Gasteiger partial charge in [-0.25, -0.2) is 23.5 Å². The van der Waals surface area contributed by atoms with Gasteiger partial charge in [0, 0.05) is 11.8 Å². The van der Waals surface area contributed by atoms with Gasteiger partial charge >= 0.3 is 5.97 Å². The number of carboxylic acid groups (broad SMARTS) is 1. The van der Waals surface area contributed by atoms with Gasteiger partial charge in [0.1, 0.15) is 23.9 Å². The molecule has 26 heavy (non-hydrogen) atoms. The van der Waals surface area contributed by atoms with E-state index in [4.69, 9.17) is 5.11 Å². The van der Waals surface area contributed by atoms with Crippen LogP contribution < -0.4 is 5.32 Å². The fourth-order valence-corrected chi connectivity index (χ4v) is 2.30. The van der Waals surface area contributed by atoms with Crippen LogP contribution in [0.25, 0.3) is 0 Å². The Morgan fingerprint density at radius 2 is 2.08 bits per heavy atom. The molecule has 2 N–H and O–H groups in total. The number of aliphatic carboxylic acids is 1. The minimum absolute atomic E-state index is 0.0158. The van der Waals surface area contributed by atoms with Crippen molar-refractivity contribution in [3.8, 4) is 0 Å². The van der Waals surface area contributed by atoms with Crippen LogP contribution in [0.2, 0.25) is 0 Å². The standard InChI is InChI=1S/C16H15FN6O3/c1-10(15(25)26)23-13(6-7-19-23)14(24)20-16-18-9-22(21-16)8-11-4-2-3-5-12(11)17/h2-7,9-10H,8H2,1H3,(H,25,26)(H,20,21,24). The number of halogens is 1. The molecule has 1 atom stereocenters. The van der Waals surface area contributed by atoms with Crippen molar-refractivity contribution in [2.75, 3.05) is 5.32 Å². The third-order valence-corrected chi connectivity index (χ3v) is 3.68. The molecule has 1 aromatic carbocycles. The molecule has 3 rings (SSSR count). The molecule has 134 valence electrons. The van der Waals surface area contributed by atoms with E-state index in [9.17, 15) is 14.0 Å². The number of anilines is 1. The van der Waals surface area contributed by atoms with Gasteiger partial charge in [0.15, 0.2) is 0 Å². The highest BCUT2D eigenvalue weighted by atomic mass is 19.1. The topological polar surface area (TPSA) is 115 Å². The maximum atomic E-state index is 13.7. The Kier molecular flexibility index (Phi) is 4.74. The Morgan fingerprint density at radius 3 is 2.81 bits per heavy atom. The lowest BCUT2D eigenvalue weighted by Gasteiger charge is -2.10. The summed E-state index contributed by atoms with van der Waals surface area (Å²) in [5.41, 5.74) is 0.494. The van der Waals surface area contributed by atoms with Crippen molar-refractivity contribution in [2.45, 2.75) is 19.5 Å². The number of carbonyl (C=O) groups is 2. The smallest absolute Gasteiger partial charge is 0.328 e. The lowest BCUT2D eigenvalue weighted by Crippen LogP contribution is -2.24. The van der Waals surface area contributed by atoms with Crippen LogP contribution in [-0.2, 0) is 11.3 Å². The molecule has 3 aromatic rings. The predicted molar refractivity (Wildman–Crippen MR) is 88.1 cm³/mol. The molecular formula is C16H15FN6O3. The van der Waals surface area contributed by atoms with Gasteiger partial charge in [0.25, 0.3) is 5.91 Å². The number of hydrogen-bond acceptors (Lipinski definition) is 5. The molecule has 10 heteroatoms. The molecule has 1 unspecified atom stereocenters. The monoisotopic (exact) mass is 358 g/mol. The van der Waals surface area contributed by atoms with Crippen molar-refractivity contribution >= 4 is 17.8 Å². The second-order valence-electron chi connectivity index (χ2n) is 5.49. The molecule has 0 saturated heterocycles. The highest BCUT2D eigenvalue weighted by Gasteiger charge is 2.21. The third-order valence-electron chi connectivity index (χ3n) is 3.68. The van der Waals surface area contributed by atoms with Gasteiger partial charge in [0.05, 0.1) is 6.54 Å². The average Bonchev–Trinajstić information content (AvgIpc) is 3.25. The number of hydrogen-bond donors (Lipinski definition) is 2. The SMILES string of the molecule is CC(C(=O)O)n1nccc1C(=O)Nc1ncn(Cc2ccccc2F)n1. The van der Waals surface area contributed by atoms with Crippen LogP contribution in [0.1, 0.15) is 29.0 Å². The summed E-state index contributed by atoms with van der Waals surface area (Å²) in [6.07, 6.45) is 2.69. The molecule has 0 saturated carbocycles. The summed E-state index contributed by atoms with van der Waals surface area (Å²) in [7, 11) is 0. The molecule has 0 bridgehead atoms. The maximum Gasteiger partial charge on any atom is 0.328 e. The fraction of sp³-hybridized carbons (Fsp3) is 0.188. The lowest BCUT2D eigenvalue weighted by atomic mass is 10.2. The summed E-state index contributed by atoms with van der Waals surface area (Å²) in [6, 6.07) is 6.67. The van der Waals surface area contributed by atoms with E-state index in [-0.39, 0.29) is 24.0 Å². The maximum absolute atomic E-state index is 13.7. The summed E-state index contributed by atoms with van der Waals surface area (Å²) in [5.74, 6) is -2.06. The van der Waals surface area contributed by atoms with Crippen molar-refractivity contribution < 1.29 is 19.1 Å². The average molecular weight is 358 g/mol. The summed E-state index contributed by atoms with van der Waals surface area (Å²) in [4.78, 5) is 27.4. The first-order valence-electron chi connectivity index (χ1n) is 7.66. The Labute approximate surface area is 147 Å². The molecule has 0 aliphatic carbocycles. The van der Waals surface area contributed by atoms with Crippen LogP contribution in [0.3, 0.4) is 0 Å². The highest BCUT2D eigenvalue weighted by Crippen LogP contribution is 2.12. The van der Waals surface area contributed by atoms with Crippen LogP contribution in [0, 0.1) is 5.82 Å². The van der Waals surface area contributed by atoms with Crippen molar-refractivity contribution in [1.29, 1.82) is 0 Å². The predicted octanol–water partition coefficient (Wildman–Crippen LogP) is 1.56. The van der Waals surface area contributed by atoms with Crippen LogP contribution in [0.5, 0.6) is 0 Å². The van der Waals surface area contributed by atoms with E-state index in [1.165, 1.54) is 36.3 Å². The summed E-state index contributed by atoms with van der Waals surface area (Å²) in [6.45, 7) is 1.57. The Hall–Kier alpha value is -3.56. The van der Waals surface area contributed by atoms with Gasteiger partial charge < -0.3 is 5.11 Å². The third kappa shape index (κ3) is 3.58. The first-order valence-corrected chi connectivity index (χ1v) is 7.66. The summed E-state index contributed by atoms with van der Waals surface area (Å²) < 4.78 is 16.1. The lowest BCUT2D eigenvalue weighted by molar-refractivity contribution is -0.140. The Bertz CT molecular complexity index is 951. The Morgan fingerprint density at radius 1 is 1.31 bits per heavy atom. The van der Waals surface area contributed by atoms with Crippen LogP contribution in [-0.4, -0.2) is 41.5 Å². The summed E-state index contributed by atoms with van der Waals surface area (Å²) in [5, 5.41) is 19.5. The summed E-state index contributed by atoms with van der Waals surface area (Å²) >= 11 is 0. The van der Waals surface area contributed by atoms with E-state index in [0.717, 1.165) is 4.68 Å². The van der Waals surface area contributed by atoms with Gasteiger partial charge in [-0.15, -0.1) is 5.10 Å². The molecule has 2 aromatic heterocycles. The van der Waals surface area contributed by atoms with Gasteiger partial charge in [-0.1, -0.05) is 18.2 Å². The van der Waals surface area contributed by atoms with E-state index in [2.05, 4.69) is 20.5 Å².